The number of carbonyl (C=O) groups is 1. The molecule has 20 heavy (non-hydrogen) atoms. The van der Waals surface area contributed by atoms with E-state index >= 15 is 0 Å². The first-order chi connectivity index (χ1) is 9.31. The van der Waals surface area contributed by atoms with E-state index in [2.05, 4.69) is 5.32 Å². The number of nitrogens with one attached hydrogen (secondary N) is 1. The molecule has 1 rings (SSSR count). The summed E-state index contributed by atoms with van der Waals surface area (Å²) in [6.45, 7) is 3.81. The predicted octanol–water partition coefficient (Wildman–Crippen LogP) is 3.79. The number of hydrogen-bond donors (Lipinski definition) is 3. The molecule has 0 spiro atoms. The Hall–Kier alpha value is -0.970. The zero-order chi connectivity index (χ0) is 15.3. The summed E-state index contributed by atoms with van der Waals surface area (Å²) in [6, 6.07) is 3.09. The van der Waals surface area contributed by atoms with E-state index in [9.17, 15) is 9.90 Å². The maximum atomic E-state index is 12.0. The number of amides is 1. The Morgan fingerprint density at radius 1 is 1.30 bits per heavy atom. The quantitative estimate of drug-likeness (QED) is 0.698. The average molecular weight is 319 g/mol. The van der Waals surface area contributed by atoms with Crippen molar-refractivity contribution in [2.45, 2.75) is 39.2 Å². The van der Waals surface area contributed by atoms with E-state index in [0.29, 0.717) is 5.69 Å². The van der Waals surface area contributed by atoms with Gasteiger partial charge in [0.2, 0.25) is 5.91 Å². The highest BCUT2D eigenvalue weighted by Gasteiger charge is 2.14. The van der Waals surface area contributed by atoms with Crippen LogP contribution in [0.3, 0.4) is 0 Å². The Bertz CT molecular complexity index is 455. The van der Waals surface area contributed by atoms with Crippen LogP contribution in [0, 0.1) is 5.92 Å². The molecule has 0 aliphatic rings. The molecule has 1 amide bonds. The van der Waals surface area contributed by atoms with Crippen LogP contribution in [-0.2, 0) is 4.79 Å². The molecule has 0 saturated heterocycles. The Balaban J connectivity index is 2.57. The van der Waals surface area contributed by atoms with Crippen molar-refractivity contribution in [2.24, 2.45) is 11.7 Å². The van der Waals surface area contributed by atoms with Gasteiger partial charge in [0.05, 0.1) is 10.0 Å². The number of rotatable bonds is 6. The number of carbonyl (C=O) groups excluding carboxylic acids is 1. The van der Waals surface area contributed by atoms with Gasteiger partial charge in [-0.3, -0.25) is 4.79 Å². The molecule has 0 aliphatic heterocycles. The van der Waals surface area contributed by atoms with Crippen LogP contribution in [0.2, 0.25) is 10.0 Å². The molecule has 2 atom stereocenters. The molecule has 0 heterocycles. The lowest BCUT2D eigenvalue weighted by atomic mass is 10.0. The van der Waals surface area contributed by atoms with Gasteiger partial charge in [-0.2, -0.15) is 0 Å². The first-order valence-electron chi connectivity index (χ1n) is 6.55. The summed E-state index contributed by atoms with van der Waals surface area (Å²) in [5.74, 6) is -0.413. The normalized spacial score (nSPS) is 13.8. The smallest absolute Gasteiger partial charge is 0.227 e. The van der Waals surface area contributed by atoms with Gasteiger partial charge in [-0.25, -0.2) is 0 Å². The standard InChI is InChI=1S/C14H20Cl2N2O2/c1-8(4-3-5-9(2)17)14(20)18-10-6-11(15)13(19)12(16)7-10/h6-9,19H,3-5,17H2,1-2H3,(H,18,20). The van der Waals surface area contributed by atoms with Crippen LogP contribution in [0.1, 0.15) is 33.1 Å². The highest BCUT2D eigenvalue weighted by molar-refractivity contribution is 6.37. The van der Waals surface area contributed by atoms with Gasteiger partial charge < -0.3 is 16.2 Å². The third-order valence-corrected chi connectivity index (χ3v) is 3.60. The van der Waals surface area contributed by atoms with Crippen molar-refractivity contribution >= 4 is 34.8 Å². The molecule has 112 valence electrons. The summed E-state index contributed by atoms with van der Waals surface area (Å²) in [4.78, 5) is 12.0. The van der Waals surface area contributed by atoms with Gasteiger partial charge in [-0.1, -0.05) is 36.5 Å². The molecule has 4 nitrogen and oxygen atoms in total. The second-order valence-corrected chi connectivity index (χ2v) is 5.90. The number of nitrogens with two attached hydrogens (primary N) is 1. The third-order valence-electron chi connectivity index (χ3n) is 3.03. The number of anilines is 1. The van der Waals surface area contributed by atoms with Gasteiger partial charge in [0.25, 0.3) is 0 Å². The maximum Gasteiger partial charge on any atom is 0.227 e. The summed E-state index contributed by atoms with van der Waals surface area (Å²) in [6.07, 6.45) is 2.57. The minimum absolute atomic E-state index is 0.104. The second-order valence-electron chi connectivity index (χ2n) is 5.09. The topological polar surface area (TPSA) is 75.4 Å². The lowest BCUT2D eigenvalue weighted by Crippen LogP contribution is -2.21. The van der Waals surface area contributed by atoms with Crippen molar-refractivity contribution in [3.63, 3.8) is 0 Å². The molecule has 0 aliphatic carbocycles. The van der Waals surface area contributed by atoms with Gasteiger partial charge in [0.1, 0.15) is 0 Å². The van der Waals surface area contributed by atoms with E-state index in [1.54, 1.807) is 0 Å². The van der Waals surface area contributed by atoms with Crippen molar-refractivity contribution in [1.29, 1.82) is 0 Å². The molecule has 6 heteroatoms. The van der Waals surface area contributed by atoms with Crippen LogP contribution in [-0.4, -0.2) is 17.1 Å². The predicted molar refractivity (Wildman–Crippen MR) is 83.4 cm³/mol. The van der Waals surface area contributed by atoms with Gasteiger partial charge in [0, 0.05) is 17.6 Å². The summed E-state index contributed by atoms with van der Waals surface area (Å²) in [5, 5.41) is 12.4. The van der Waals surface area contributed by atoms with Crippen LogP contribution in [0.4, 0.5) is 5.69 Å². The van der Waals surface area contributed by atoms with Crippen molar-refractivity contribution in [2.75, 3.05) is 5.32 Å². The monoisotopic (exact) mass is 318 g/mol. The van der Waals surface area contributed by atoms with Crippen LogP contribution >= 0.6 is 23.2 Å². The molecule has 2 unspecified atom stereocenters. The third kappa shape index (κ3) is 5.19. The number of benzene rings is 1. The van der Waals surface area contributed by atoms with E-state index < -0.39 is 0 Å². The summed E-state index contributed by atoms with van der Waals surface area (Å²) in [5.41, 5.74) is 6.15. The largest absolute Gasteiger partial charge is 0.505 e. The second kappa shape index (κ2) is 7.72. The maximum absolute atomic E-state index is 12.0. The highest BCUT2D eigenvalue weighted by atomic mass is 35.5. The molecule has 0 saturated carbocycles. The number of phenolic OH excluding ortho intramolecular Hbond substituents is 1. The molecule has 0 bridgehead atoms. The summed E-state index contributed by atoms with van der Waals surface area (Å²) >= 11 is 11.6. The Labute approximate surface area is 129 Å². The SMILES string of the molecule is CC(N)CCCC(C)C(=O)Nc1cc(Cl)c(O)c(Cl)c1. The van der Waals surface area contributed by atoms with Gasteiger partial charge >= 0.3 is 0 Å². The lowest BCUT2D eigenvalue weighted by Gasteiger charge is -2.13. The first-order valence-corrected chi connectivity index (χ1v) is 7.31. The highest BCUT2D eigenvalue weighted by Crippen LogP contribution is 2.34. The Morgan fingerprint density at radius 3 is 2.35 bits per heavy atom. The number of phenols is 1. The lowest BCUT2D eigenvalue weighted by molar-refractivity contribution is -0.119. The van der Waals surface area contributed by atoms with E-state index in [1.165, 1.54) is 12.1 Å². The number of halogens is 2. The molecule has 0 radical (unpaired) electrons. The molecular weight excluding hydrogens is 299 g/mol. The number of aromatic hydroxyl groups is 1. The van der Waals surface area contributed by atoms with Gasteiger partial charge in [0.15, 0.2) is 5.75 Å². The van der Waals surface area contributed by atoms with E-state index in [4.69, 9.17) is 28.9 Å². The first kappa shape index (κ1) is 17.1. The Morgan fingerprint density at radius 2 is 1.85 bits per heavy atom. The van der Waals surface area contributed by atoms with Gasteiger partial charge in [-0.05, 0) is 31.9 Å². The zero-order valence-electron chi connectivity index (χ0n) is 11.6. The molecular formula is C14H20Cl2N2O2. The van der Waals surface area contributed by atoms with Crippen molar-refractivity contribution in [3.8, 4) is 5.75 Å². The van der Waals surface area contributed by atoms with Crippen LogP contribution in [0.5, 0.6) is 5.75 Å². The van der Waals surface area contributed by atoms with E-state index in [-0.39, 0.29) is 33.7 Å². The minimum atomic E-state index is -0.184. The summed E-state index contributed by atoms with van der Waals surface area (Å²) in [7, 11) is 0. The van der Waals surface area contributed by atoms with Crippen LogP contribution < -0.4 is 11.1 Å². The minimum Gasteiger partial charge on any atom is -0.505 e. The zero-order valence-corrected chi connectivity index (χ0v) is 13.1. The van der Waals surface area contributed by atoms with Crippen molar-refractivity contribution in [3.05, 3.63) is 22.2 Å². The summed E-state index contributed by atoms with van der Waals surface area (Å²) < 4.78 is 0. The molecule has 0 aromatic heterocycles. The van der Waals surface area contributed by atoms with E-state index in [0.717, 1.165) is 19.3 Å². The van der Waals surface area contributed by atoms with Gasteiger partial charge in [-0.15, -0.1) is 0 Å². The molecule has 0 fully saturated rings. The molecule has 1 aromatic carbocycles. The Kier molecular flexibility index (Phi) is 6.59. The fourth-order valence-corrected chi connectivity index (χ4v) is 2.27. The molecule has 4 N–H and O–H groups in total. The van der Waals surface area contributed by atoms with Crippen LogP contribution in [0.15, 0.2) is 12.1 Å². The molecule has 1 aromatic rings. The fourth-order valence-electron chi connectivity index (χ4n) is 1.78. The van der Waals surface area contributed by atoms with E-state index in [1.807, 2.05) is 13.8 Å². The van der Waals surface area contributed by atoms with Crippen molar-refractivity contribution in [1.82, 2.24) is 0 Å². The van der Waals surface area contributed by atoms with Crippen molar-refractivity contribution < 1.29 is 9.90 Å². The van der Waals surface area contributed by atoms with Crippen LogP contribution in [0.25, 0.3) is 0 Å². The fraction of sp³-hybridized carbons (Fsp3) is 0.500. The average Bonchev–Trinajstić information content (AvgIpc) is 2.35. The number of hydrogen-bond acceptors (Lipinski definition) is 3.